The predicted octanol–water partition coefficient (Wildman–Crippen LogP) is 3.93. The summed E-state index contributed by atoms with van der Waals surface area (Å²) in [6, 6.07) is 10.5. The molecule has 128 valence electrons. The van der Waals surface area contributed by atoms with Crippen molar-refractivity contribution in [2.75, 3.05) is 32.7 Å². The summed E-state index contributed by atoms with van der Waals surface area (Å²) < 4.78 is 37.5. The van der Waals surface area contributed by atoms with Crippen LogP contribution < -0.4 is 0 Å². The largest absolute Gasteiger partial charge is 0.401 e. The van der Waals surface area contributed by atoms with E-state index in [9.17, 15) is 13.2 Å². The number of rotatable bonds is 3. The van der Waals surface area contributed by atoms with E-state index in [2.05, 4.69) is 29.2 Å². The van der Waals surface area contributed by atoms with Crippen molar-refractivity contribution in [3.8, 4) is 0 Å². The first kappa shape index (κ1) is 16.8. The Hall–Kier alpha value is -1.07. The summed E-state index contributed by atoms with van der Waals surface area (Å²) >= 11 is 0. The van der Waals surface area contributed by atoms with Gasteiger partial charge in [0.05, 0.1) is 6.54 Å². The van der Waals surface area contributed by atoms with Crippen LogP contribution in [0.3, 0.4) is 0 Å². The third kappa shape index (κ3) is 4.70. The van der Waals surface area contributed by atoms with Gasteiger partial charge in [-0.3, -0.25) is 9.80 Å². The molecule has 5 heteroatoms. The minimum absolute atomic E-state index is 0.287. The van der Waals surface area contributed by atoms with Gasteiger partial charge in [0.1, 0.15) is 0 Å². The molecule has 1 aromatic carbocycles. The summed E-state index contributed by atoms with van der Waals surface area (Å²) in [5, 5.41) is 0. The number of hydrogen-bond donors (Lipinski definition) is 0. The molecule has 2 fully saturated rings. The number of nitrogens with zero attached hydrogens (tertiary/aromatic N) is 2. The molecule has 0 atom stereocenters. The molecule has 0 amide bonds. The highest BCUT2D eigenvalue weighted by molar-refractivity contribution is 5.14. The molecule has 2 nitrogen and oxygen atoms in total. The van der Waals surface area contributed by atoms with E-state index in [0.29, 0.717) is 13.1 Å². The van der Waals surface area contributed by atoms with Gasteiger partial charge in [-0.25, -0.2) is 0 Å². The van der Waals surface area contributed by atoms with E-state index >= 15 is 0 Å². The number of likely N-dealkylation sites (tertiary alicyclic amines) is 2. The smallest absolute Gasteiger partial charge is 0.299 e. The second-order valence-corrected chi connectivity index (χ2v) is 7.15. The van der Waals surface area contributed by atoms with Crippen LogP contribution in [0.2, 0.25) is 0 Å². The highest BCUT2D eigenvalue weighted by Crippen LogP contribution is 2.41. The normalized spacial score (nSPS) is 23.3. The van der Waals surface area contributed by atoms with Crippen molar-refractivity contribution in [2.24, 2.45) is 5.41 Å². The van der Waals surface area contributed by atoms with Gasteiger partial charge < -0.3 is 0 Å². The second-order valence-electron chi connectivity index (χ2n) is 7.15. The Bertz CT molecular complexity index is 483. The van der Waals surface area contributed by atoms with Crippen molar-refractivity contribution in [1.29, 1.82) is 0 Å². The van der Waals surface area contributed by atoms with Gasteiger partial charge in [0.2, 0.25) is 0 Å². The van der Waals surface area contributed by atoms with E-state index in [1.54, 1.807) is 4.90 Å². The lowest BCUT2D eigenvalue weighted by Crippen LogP contribution is -2.48. The van der Waals surface area contributed by atoms with E-state index in [1.165, 1.54) is 5.56 Å². The molecule has 1 aromatic rings. The fourth-order valence-corrected chi connectivity index (χ4v) is 3.97. The van der Waals surface area contributed by atoms with Gasteiger partial charge in [0.25, 0.3) is 0 Å². The molecular weight excluding hydrogens is 301 g/mol. The fraction of sp³-hybridized carbons (Fsp3) is 0.667. The minimum Gasteiger partial charge on any atom is -0.299 e. The Morgan fingerprint density at radius 2 is 1.35 bits per heavy atom. The average Bonchev–Trinajstić information content (AvgIpc) is 2.52. The molecule has 2 heterocycles. The molecule has 2 saturated heterocycles. The van der Waals surface area contributed by atoms with E-state index in [-0.39, 0.29) is 5.41 Å². The summed E-state index contributed by atoms with van der Waals surface area (Å²) in [5.74, 6) is 0. The fourth-order valence-electron chi connectivity index (χ4n) is 3.97. The molecule has 2 aliphatic heterocycles. The molecule has 1 spiro atoms. The van der Waals surface area contributed by atoms with Crippen molar-refractivity contribution >= 4 is 0 Å². The number of halogens is 3. The summed E-state index contributed by atoms with van der Waals surface area (Å²) in [6.07, 6.45) is 0.0213. The molecule has 23 heavy (non-hydrogen) atoms. The van der Waals surface area contributed by atoms with E-state index in [4.69, 9.17) is 0 Å². The molecule has 0 N–H and O–H groups in total. The second kappa shape index (κ2) is 6.81. The zero-order chi connectivity index (χ0) is 16.3. The maximum atomic E-state index is 12.5. The standard InChI is InChI=1S/C18H25F3N2/c19-18(20,21)15-23-12-8-17(9-13-23)6-10-22(11-7-17)14-16-4-2-1-3-5-16/h1-5H,6-15H2. The first-order valence-electron chi connectivity index (χ1n) is 8.50. The maximum Gasteiger partial charge on any atom is 0.401 e. The van der Waals surface area contributed by atoms with Crippen molar-refractivity contribution in [1.82, 2.24) is 9.80 Å². The summed E-state index contributed by atoms with van der Waals surface area (Å²) in [4.78, 5) is 4.05. The molecular formula is C18H25F3N2. The number of piperidine rings is 2. The molecule has 0 unspecified atom stereocenters. The van der Waals surface area contributed by atoms with Crippen LogP contribution >= 0.6 is 0 Å². The lowest BCUT2D eigenvalue weighted by Gasteiger charge is -2.47. The summed E-state index contributed by atoms with van der Waals surface area (Å²) in [6.45, 7) is 3.55. The van der Waals surface area contributed by atoms with E-state index in [0.717, 1.165) is 45.3 Å². The zero-order valence-corrected chi connectivity index (χ0v) is 13.5. The lowest BCUT2D eigenvalue weighted by molar-refractivity contribution is -0.151. The van der Waals surface area contributed by atoms with Gasteiger partial charge in [-0.1, -0.05) is 30.3 Å². The van der Waals surface area contributed by atoms with Crippen LogP contribution in [-0.2, 0) is 6.54 Å². The van der Waals surface area contributed by atoms with Gasteiger partial charge in [0.15, 0.2) is 0 Å². The quantitative estimate of drug-likeness (QED) is 0.830. The highest BCUT2D eigenvalue weighted by Gasteiger charge is 2.40. The SMILES string of the molecule is FC(F)(F)CN1CCC2(CCN(Cc3ccccc3)CC2)CC1. The van der Waals surface area contributed by atoms with E-state index < -0.39 is 12.7 Å². The Balaban J connectivity index is 1.46. The van der Waals surface area contributed by atoms with Crippen molar-refractivity contribution < 1.29 is 13.2 Å². The van der Waals surface area contributed by atoms with Crippen molar-refractivity contribution in [3.05, 3.63) is 35.9 Å². The molecule has 2 aliphatic rings. The third-order valence-corrected chi connectivity index (χ3v) is 5.49. The van der Waals surface area contributed by atoms with Crippen LogP contribution in [0.5, 0.6) is 0 Å². The van der Waals surface area contributed by atoms with Crippen molar-refractivity contribution in [2.45, 2.75) is 38.4 Å². The zero-order valence-electron chi connectivity index (χ0n) is 13.5. The Kier molecular flexibility index (Phi) is 4.97. The van der Waals surface area contributed by atoms with Gasteiger partial charge >= 0.3 is 6.18 Å². The minimum atomic E-state index is -4.07. The summed E-state index contributed by atoms with van der Waals surface area (Å²) in [7, 11) is 0. The molecule has 3 rings (SSSR count). The first-order chi connectivity index (χ1) is 10.9. The van der Waals surface area contributed by atoms with Gasteiger partial charge in [-0.2, -0.15) is 13.2 Å². The maximum absolute atomic E-state index is 12.5. The van der Waals surface area contributed by atoms with Crippen LogP contribution in [0.1, 0.15) is 31.2 Å². The Morgan fingerprint density at radius 1 is 0.826 bits per heavy atom. The summed E-state index contributed by atoms with van der Waals surface area (Å²) in [5.41, 5.74) is 1.62. The molecule has 0 aliphatic carbocycles. The van der Waals surface area contributed by atoms with Crippen molar-refractivity contribution in [3.63, 3.8) is 0 Å². The highest BCUT2D eigenvalue weighted by atomic mass is 19.4. The van der Waals surface area contributed by atoms with Crippen LogP contribution in [0.15, 0.2) is 30.3 Å². The van der Waals surface area contributed by atoms with Crippen LogP contribution in [0.4, 0.5) is 13.2 Å². The number of alkyl halides is 3. The van der Waals surface area contributed by atoms with Crippen LogP contribution in [-0.4, -0.2) is 48.7 Å². The molecule has 0 aromatic heterocycles. The predicted molar refractivity (Wildman–Crippen MR) is 85.1 cm³/mol. The number of hydrogen-bond acceptors (Lipinski definition) is 2. The first-order valence-corrected chi connectivity index (χ1v) is 8.50. The van der Waals surface area contributed by atoms with Crippen LogP contribution in [0.25, 0.3) is 0 Å². The lowest BCUT2D eigenvalue weighted by atomic mass is 9.71. The van der Waals surface area contributed by atoms with Gasteiger partial charge in [0, 0.05) is 6.54 Å². The van der Waals surface area contributed by atoms with Gasteiger partial charge in [-0.05, 0) is 62.8 Å². The van der Waals surface area contributed by atoms with E-state index in [1.807, 2.05) is 6.07 Å². The van der Waals surface area contributed by atoms with Gasteiger partial charge in [-0.15, -0.1) is 0 Å². The van der Waals surface area contributed by atoms with Crippen LogP contribution in [0, 0.1) is 5.41 Å². The molecule has 0 saturated carbocycles. The topological polar surface area (TPSA) is 6.48 Å². The Labute approximate surface area is 136 Å². The average molecular weight is 326 g/mol. The third-order valence-electron chi connectivity index (χ3n) is 5.49. The molecule has 0 radical (unpaired) electrons. The number of benzene rings is 1. The monoisotopic (exact) mass is 326 g/mol. The molecule has 0 bridgehead atoms. The Morgan fingerprint density at radius 3 is 1.87 bits per heavy atom.